The Kier molecular flexibility index (Phi) is 3.10. The topological polar surface area (TPSA) is 85.0 Å². The molecule has 0 atom stereocenters. The van der Waals surface area contributed by atoms with Crippen molar-refractivity contribution >= 4 is 15.8 Å². The number of ether oxygens (including phenoxy) is 1. The smallest absolute Gasteiger partial charge is 0.409 e. The Morgan fingerprint density at radius 1 is 1.54 bits per heavy atom. The second-order valence-electron chi connectivity index (χ2n) is 2.74. The minimum absolute atomic E-state index is 0.332. The quantitative estimate of drug-likeness (QED) is 0.425. The summed E-state index contributed by atoms with van der Waals surface area (Å²) in [6.45, 7) is 0.790. The second-order valence-corrected chi connectivity index (χ2v) is 5.32. The first-order valence-corrected chi connectivity index (χ1v) is 5.71. The number of methoxy groups -OCH3 is 1. The summed E-state index contributed by atoms with van der Waals surface area (Å²) >= 11 is 0. The van der Waals surface area contributed by atoms with Gasteiger partial charge in [0.2, 0.25) is 0 Å². The van der Waals surface area contributed by atoms with Gasteiger partial charge in [-0.15, -0.1) is 0 Å². The van der Waals surface area contributed by atoms with Gasteiger partial charge in [0.05, 0.1) is 28.3 Å². The predicted molar refractivity (Wildman–Crippen MR) is 48.5 cm³/mol. The van der Waals surface area contributed by atoms with Gasteiger partial charge in [-0.3, -0.25) is 0 Å². The van der Waals surface area contributed by atoms with Crippen molar-refractivity contribution in [2.45, 2.75) is 0 Å². The Morgan fingerprint density at radius 2 is 2.08 bits per heavy atom. The third-order valence-electron chi connectivity index (χ3n) is 1.99. The van der Waals surface area contributed by atoms with E-state index in [2.05, 4.69) is 9.21 Å². The number of nitrogens with zero attached hydrogens (tertiary/aromatic N) is 2. The van der Waals surface area contributed by atoms with Crippen LogP contribution in [0.5, 0.6) is 0 Å². The first-order valence-electron chi connectivity index (χ1n) is 3.86. The number of nitrogens with two attached hydrogens (primary N) is 1. The van der Waals surface area contributed by atoms with Crippen molar-refractivity contribution in [2.75, 3.05) is 31.7 Å². The van der Waals surface area contributed by atoms with Crippen molar-refractivity contribution in [1.82, 2.24) is 4.90 Å². The molecule has 0 bridgehead atoms. The molecule has 1 fully saturated rings. The maximum atomic E-state index is 11.6. The van der Waals surface area contributed by atoms with Crippen LogP contribution in [0.2, 0.25) is 0 Å². The van der Waals surface area contributed by atoms with Crippen LogP contribution >= 0.6 is 0 Å². The maximum Gasteiger partial charge on any atom is 0.409 e. The summed E-state index contributed by atoms with van der Waals surface area (Å²) in [5, 5.41) is 0. The largest absolute Gasteiger partial charge is 0.453 e. The first kappa shape index (κ1) is 10.3. The minimum atomic E-state index is -2.25. The minimum Gasteiger partial charge on any atom is -0.453 e. The summed E-state index contributed by atoms with van der Waals surface area (Å²) in [5.74, 6) is 5.67. The third kappa shape index (κ3) is 2.31. The van der Waals surface area contributed by atoms with Crippen LogP contribution in [-0.4, -0.2) is 46.9 Å². The van der Waals surface area contributed by atoms with E-state index in [9.17, 15) is 9.00 Å². The van der Waals surface area contributed by atoms with E-state index >= 15 is 0 Å². The van der Waals surface area contributed by atoms with E-state index in [1.807, 2.05) is 0 Å². The van der Waals surface area contributed by atoms with Gasteiger partial charge >= 0.3 is 6.09 Å². The van der Waals surface area contributed by atoms with Gasteiger partial charge in [0, 0.05) is 13.1 Å². The molecule has 0 radical (unpaired) electrons. The van der Waals surface area contributed by atoms with E-state index < -0.39 is 15.8 Å². The van der Waals surface area contributed by atoms with E-state index in [-0.39, 0.29) is 0 Å². The zero-order valence-electron chi connectivity index (χ0n) is 7.43. The number of hydrogen-bond donors (Lipinski definition) is 1. The molecular formula is C6H13N3O3S. The molecule has 6 nitrogen and oxygen atoms in total. The molecule has 76 valence electrons. The van der Waals surface area contributed by atoms with Gasteiger partial charge < -0.3 is 9.64 Å². The molecular weight excluding hydrogens is 194 g/mol. The average Bonchev–Trinajstić information content (AvgIpc) is 2.18. The lowest BCUT2D eigenvalue weighted by molar-refractivity contribution is 0.127. The highest BCUT2D eigenvalue weighted by molar-refractivity contribution is 7.93. The van der Waals surface area contributed by atoms with Crippen LogP contribution in [-0.2, 0) is 14.5 Å². The molecule has 0 aliphatic carbocycles. The third-order valence-corrected chi connectivity index (χ3v) is 4.01. The number of amides is 1. The Bertz CT molecular complexity index is 294. The normalized spacial score (nSPS) is 20.9. The number of hydrogen-bond acceptors (Lipinski definition) is 4. The number of carbonyl (C=O) groups is 1. The lowest BCUT2D eigenvalue weighted by Crippen LogP contribution is -2.43. The van der Waals surface area contributed by atoms with E-state index in [1.165, 1.54) is 12.0 Å². The fourth-order valence-electron chi connectivity index (χ4n) is 1.14. The molecule has 0 aromatic rings. The Hall–Kier alpha value is -0.820. The molecule has 1 aliphatic rings. The van der Waals surface area contributed by atoms with Gasteiger partial charge in [0.15, 0.2) is 0 Å². The van der Waals surface area contributed by atoms with Gasteiger partial charge in [0.1, 0.15) is 0 Å². The molecule has 7 heteroatoms. The van der Waals surface area contributed by atoms with Gasteiger partial charge in [-0.05, 0) is 0 Å². The van der Waals surface area contributed by atoms with E-state index in [1.54, 1.807) is 0 Å². The Labute approximate surface area is 77.2 Å². The Balaban J connectivity index is 2.58. The standard InChI is InChI=1S/C6H13N3O3S/c1-12-6(10)9-2-4-13(11,8-7)5-3-9/h2-5,7H2,1H3. The van der Waals surface area contributed by atoms with Gasteiger partial charge in [-0.25, -0.2) is 14.8 Å². The molecule has 1 saturated heterocycles. The van der Waals surface area contributed by atoms with E-state index in [0.29, 0.717) is 24.6 Å². The SMILES string of the molecule is COC(=O)N1CCS(=O)(=NN)CC1. The summed E-state index contributed by atoms with van der Waals surface area (Å²) in [6, 6.07) is 0. The average molecular weight is 207 g/mol. The monoisotopic (exact) mass is 207 g/mol. The fourth-order valence-corrected chi connectivity index (χ4v) is 2.56. The fraction of sp³-hybridized carbons (Fsp3) is 0.833. The van der Waals surface area contributed by atoms with Gasteiger partial charge in [-0.1, -0.05) is 0 Å². The van der Waals surface area contributed by atoms with Crippen LogP contribution in [0, 0.1) is 0 Å². The van der Waals surface area contributed by atoms with Crippen LogP contribution in [0.4, 0.5) is 4.79 Å². The second kappa shape index (κ2) is 3.93. The molecule has 0 aromatic carbocycles. The van der Waals surface area contributed by atoms with Crippen LogP contribution in [0.3, 0.4) is 0 Å². The molecule has 1 aliphatic heterocycles. The summed E-state index contributed by atoms with van der Waals surface area (Å²) in [4.78, 5) is 12.5. The maximum absolute atomic E-state index is 11.6. The van der Waals surface area contributed by atoms with Crippen molar-refractivity contribution in [3.8, 4) is 0 Å². The molecule has 13 heavy (non-hydrogen) atoms. The zero-order chi connectivity index (χ0) is 9.90. The van der Waals surface area contributed by atoms with Crippen molar-refractivity contribution < 1.29 is 13.7 Å². The summed E-state index contributed by atoms with van der Waals surface area (Å²) in [5.41, 5.74) is 0. The van der Waals surface area contributed by atoms with Crippen LogP contribution in [0.25, 0.3) is 0 Å². The van der Waals surface area contributed by atoms with E-state index in [0.717, 1.165) is 0 Å². The summed E-state index contributed by atoms with van der Waals surface area (Å²) in [6.07, 6.45) is -0.390. The first-order chi connectivity index (χ1) is 6.11. The molecule has 0 aromatic heterocycles. The molecule has 1 heterocycles. The predicted octanol–water partition coefficient (Wildman–Crippen LogP) is -0.590. The molecule has 2 N–H and O–H groups in total. The lowest BCUT2D eigenvalue weighted by Gasteiger charge is -2.26. The van der Waals surface area contributed by atoms with Crippen molar-refractivity contribution in [2.24, 2.45) is 10.3 Å². The van der Waals surface area contributed by atoms with Crippen molar-refractivity contribution in [3.05, 3.63) is 0 Å². The van der Waals surface area contributed by atoms with Gasteiger partial charge in [-0.2, -0.15) is 4.47 Å². The highest BCUT2D eigenvalue weighted by Gasteiger charge is 2.23. The van der Waals surface area contributed by atoms with Crippen molar-refractivity contribution in [1.29, 1.82) is 0 Å². The Morgan fingerprint density at radius 3 is 2.46 bits per heavy atom. The highest BCUT2D eigenvalue weighted by atomic mass is 32.2. The molecule has 1 amide bonds. The molecule has 0 saturated carbocycles. The van der Waals surface area contributed by atoms with Gasteiger partial charge in [0.25, 0.3) is 0 Å². The molecule has 1 rings (SSSR count). The molecule has 0 unspecified atom stereocenters. The van der Waals surface area contributed by atoms with Crippen LogP contribution in [0.15, 0.2) is 4.47 Å². The summed E-state index contributed by atoms with van der Waals surface area (Å²) < 4.78 is 19.4. The highest BCUT2D eigenvalue weighted by Crippen LogP contribution is 2.06. The lowest BCUT2D eigenvalue weighted by atomic mass is 10.5. The van der Waals surface area contributed by atoms with E-state index in [4.69, 9.17) is 5.84 Å². The number of carbonyl (C=O) groups excluding carboxylic acids is 1. The zero-order valence-corrected chi connectivity index (χ0v) is 8.25. The van der Waals surface area contributed by atoms with Crippen LogP contribution < -0.4 is 5.84 Å². The van der Waals surface area contributed by atoms with Crippen LogP contribution in [0.1, 0.15) is 0 Å². The van der Waals surface area contributed by atoms with Crippen molar-refractivity contribution in [3.63, 3.8) is 0 Å². The number of rotatable bonds is 0. The molecule has 0 spiro atoms. The summed E-state index contributed by atoms with van der Waals surface area (Å²) in [7, 11) is -0.928.